The highest BCUT2D eigenvalue weighted by molar-refractivity contribution is 5.90. The van der Waals surface area contributed by atoms with Crippen LogP contribution in [-0.2, 0) is 4.74 Å². The summed E-state index contributed by atoms with van der Waals surface area (Å²) in [6.07, 6.45) is 2.83. The predicted molar refractivity (Wildman–Crippen MR) is 76.9 cm³/mol. The average molecular weight is 296 g/mol. The number of carbonyl (C=O) groups is 1. The van der Waals surface area contributed by atoms with Crippen LogP contribution in [0.4, 0.5) is 0 Å². The molecule has 1 fully saturated rings. The lowest BCUT2D eigenvalue weighted by Gasteiger charge is -2.06. The van der Waals surface area contributed by atoms with E-state index in [9.17, 15) is 4.79 Å². The molecular formula is C14H24N4O3. The maximum absolute atomic E-state index is 11.9. The first-order valence-electron chi connectivity index (χ1n) is 7.59. The molecule has 0 radical (unpaired) electrons. The summed E-state index contributed by atoms with van der Waals surface area (Å²) in [7, 11) is 0. The second-order valence-electron chi connectivity index (χ2n) is 5.68. The molecule has 1 aliphatic heterocycles. The van der Waals surface area contributed by atoms with Crippen LogP contribution < -0.4 is 10.6 Å². The molecule has 2 N–H and O–H groups in total. The van der Waals surface area contributed by atoms with Gasteiger partial charge in [0.15, 0.2) is 0 Å². The zero-order valence-corrected chi connectivity index (χ0v) is 12.7. The van der Waals surface area contributed by atoms with Crippen molar-refractivity contribution in [3.8, 4) is 0 Å². The zero-order valence-electron chi connectivity index (χ0n) is 12.7. The fourth-order valence-corrected chi connectivity index (χ4v) is 2.14. The molecule has 2 heterocycles. The van der Waals surface area contributed by atoms with Gasteiger partial charge in [0, 0.05) is 19.8 Å². The van der Waals surface area contributed by atoms with Crippen LogP contribution in [-0.4, -0.2) is 42.4 Å². The molecule has 0 aliphatic carbocycles. The summed E-state index contributed by atoms with van der Waals surface area (Å²) >= 11 is 0. The minimum atomic E-state index is -0.299. The summed E-state index contributed by atoms with van der Waals surface area (Å²) in [5.74, 6) is 0.827. The van der Waals surface area contributed by atoms with Gasteiger partial charge in [0.05, 0.1) is 6.04 Å². The number of nitrogens with one attached hydrogen (secondary N) is 2. The highest BCUT2D eigenvalue weighted by Gasteiger charge is 2.24. The van der Waals surface area contributed by atoms with E-state index in [0.717, 1.165) is 32.4 Å². The van der Waals surface area contributed by atoms with E-state index >= 15 is 0 Å². The molecule has 0 spiro atoms. The van der Waals surface area contributed by atoms with E-state index < -0.39 is 0 Å². The number of aromatic nitrogens is 2. The summed E-state index contributed by atoms with van der Waals surface area (Å²) in [5.41, 5.74) is 0. The fraction of sp³-hybridized carbons (Fsp3) is 0.786. The van der Waals surface area contributed by atoms with Crippen molar-refractivity contribution in [2.24, 2.45) is 5.92 Å². The number of hydrogen-bond acceptors (Lipinski definition) is 6. The molecule has 1 aliphatic rings. The Morgan fingerprint density at radius 2 is 2.43 bits per heavy atom. The summed E-state index contributed by atoms with van der Waals surface area (Å²) < 4.78 is 10.6. The second-order valence-corrected chi connectivity index (χ2v) is 5.68. The average Bonchev–Trinajstić information content (AvgIpc) is 3.11. The zero-order chi connectivity index (χ0) is 15.1. The van der Waals surface area contributed by atoms with Gasteiger partial charge in [-0.1, -0.05) is 19.0 Å². The third kappa shape index (κ3) is 5.09. The third-order valence-electron chi connectivity index (χ3n) is 3.21. The van der Waals surface area contributed by atoms with Gasteiger partial charge in [0.1, 0.15) is 0 Å². The maximum Gasteiger partial charge on any atom is 0.292 e. The first-order valence-corrected chi connectivity index (χ1v) is 7.59. The monoisotopic (exact) mass is 296 g/mol. The molecule has 7 nitrogen and oxygen atoms in total. The first-order chi connectivity index (χ1) is 10.2. The Kier molecular flexibility index (Phi) is 6.13. The predicted octanol–water partition coefficient (Wildman–Crippen LogP) is 1.29. The van der Waals surface area contributed by atoms with E-state index in [4.69, 9.17) is 9.26 Å². The highest BCUT2D eigenvalue weighted by Crippen LogP contribution is 2.20. The topological polar surface area (TPSA) is 89.3 Å². The quantitative estimate of drug-likeness (QED) is 0.703. The lowest BCUT2D eigenvalue weighted by molar-refractivity contribution is 0.0913. The number of carbonyl (C=O) groups excluding carboxylic acids is 1. The number of rotatable bonds is 8. The highest BCUT2D eigenvalue weighted by atomic mass is 16.5. The molecule has 7 heteroatoms. The van der Waals surface area contributed by atoms with Crippen LogP contribution in [0.2, 0.25) is 0 Å². The minimum absolute atomic E-state index is 0.0866. The normalized spacial score (nSPS) is 18.3. The van der Waals surface area contributed by atoms with Crippen LogP contribution in [0.5, 0.6) is 0 Å². The van der Waals surface area contributed by atoms with Crippen molar-refractivity contribution in [3.05, 3.63) is 11.7 Å². The first kappa shape index (κ1) is 15.9. The van der Waals surface area contributed by atoms with Gasteiger partial charge >= 0.3 is 0 Å². The standard InChI is InChI=1S/C14H24N4O3/c1-10(2)9-20-8-4-7-16-13(19)12-17-14(21-18-12)11-5-3-6-15-11/h10-11,15H,3-9H2,1-2H3,(H,16,19). The Balaban J connectivity index is 1.66. The molecule has 0 bridgehead atoms. The van der Waals surface area contributed by atoms with Crippen molar-refractivity contribution < 1.29 is 14.1 Å². The van der Waals surface area contributed by atoms with E-state index in [0.29, 0.717) is 25.0 Å². The summed E-state index contributed by atoms with van der Waals surface area (Å²) in [6.45, 7) is 7.09. The van der Waals surface area contributed by atoms with Gasteiger partial charge in [-0.2, -0.15) is 4.98 Å². The van der Waals surface area contributed by atoms with Gasteiger partial charge < -0.3 is 19.9 Å². The van der Waals surface area contributed by atoms with Gasteiger partial charge in [-0.15, -0.1) is 0 Å². The number of amides is 1. The van der Waals surface area contributed by atoms with Crippen LogP contribution in [0.1, 0.15) is 55.7 Å². The molecule has 1 unspecified atom stereocenters. The van der Waals surface area contributed by atoms with Gasteiger partial charge in [-0.3, -0.25) is 4.79 Å². The Labute approximate surface area is 124 Å². The van der Waals surface area contributed by atoms with E-state index in [1.807, 2.05) is 0 Å². The molecule has 21 heavy (non-hydrogen) atoms. The largest absolute Gasteiger partial charge is 0.381 e. The van der Waals surface area contributed by atoms with Gasteiger partial charge in [0.25, 0.3) is 11.7 Å². The van der Waals surface area contributed by atoms with E-state index in [2.05, 4.69) is 34.6 Å². The van der Waals surface area contributed by atoms with Gasteiger partial charge in [0.2, 0.25) is 5.89 Å². The van der Waals surface area contributed by atoms with Crippen LogP contribution in [0.15, 0.2) is 4.52 Å². The Bertz CT molecular complexity index is 441. The number of ether oxygens (including phenoxy) is 1. The number of nitrogens with zero attached hydrogens (tertiary/aromatic N) is 2. The summed E-state index contributed by atoms with van der Waals surface area (Å²) in [5, 5.41) is 9.75. The van der Waals surface area contributed by atoms with Crippen molar-refractivity contribution in [2.75, 3.05) is 26.3 Å². The lowest BCUT2D eigenvalue weighted by atomic mass is 10.2. The van der Waals surface area contributed by atoms with Crippen LogP contribution in [0, 0.1) is 5.92 Å². The maximum atomic E-state index is 11.9. The molecule has 118 valence electrons. The summed E-state index contributed by atoms with van der Waals surface area (Å²) in [4.78, 5) is 16.0. The molecule has 0 aromatic carbocycles. The van der Waals surface area contributed by atoms with E-state index in [-0.39, 0.29) is 17.8 Å². The lowest BCUT2D eigenvalue weighted by Crippen LogP contribution is -2.26. The van der Waals surface area contributed by atoms with Gasteiger partial charge in [-0.25, -0.2) is 0 Å². The Morgan fingerprint density at radius 3 is 3.14 bits per heavy atom. The molecule has 1 saturated heterocycles. The van der Waals surface area contributed by atoms with Crippen LogP contribution in [0.3, 0.4) is 0 Å². The van der Waals surface area contributed by atoms with Crippen LogP contribution in [0.25, 0.3) is 0 Å². The smallest absolute Gasteiger partial charge is 0.292 e. The van der Waals surface area contributed by atoms with Crippen LogP contribution >= 0.6 is 0 Å². The molecule has 1 amide bonds. The van der Waals surface area contributed by atoms with Crippen molar-refractivity contribution in [2.45, 2.75) is 39.2 Å². The molecular weight excluding hydrogens is 272 g/mol. The molecule has 0 saturated carbocycles. The fourth-order valence-electron chi connectivity index (χ4n) is 2.14. The summed E-state index contributed by atoms with van der Waals surface area (Å²) in [6, 6.07) is 0.0866. The van der Waals surface area contributed by atoms with Crippen molar-refractivity contribution in [1.29, 1.82) is 0 Å². The van der Waals surface area contributed by atoms with Crippen molar-refractivity contribution in [1.82, 2.24) is 20.8 Å². The minimum Gasteiger partial charge on any atom is -0.381 e. The van der Waals surface area contributed by atoms with Crippen molar-refractivity contribution >= 4 is 5.91 Å². The van der Waals surface area contributed by atoms with E-state index in [1.54, 1.807) is 0 Å². The molecule has 1 aromatic rings. The molecule has 2 rings (SSSR count). The SMILES string of the molecule is CC(C)COCCCNC(=O)c1noc(C2CCCN2)n1. The number of hydrogen-bond donors (Lipinski definition) is 2. The van der Waals surface area contributed by atoms with E-state index in [1.165, 1.54) is 0 Å². The second kappa shape index (κ2) is 8.09. The van der Waals surface area contributed by atoms with Gasteiger partial charge in [-0.05, 0) is 31.7 Å². The Morgan fingerprint density at radius 1 is 1.57 bits per heavy atom. The van der Waals surface area contributed by atoms with Crippen molar-refractivity contribution in [3.63, 3.8) is 0 Å². The third-order valence-corrected chi connectivity index (χ3v) is 3.21. The molecule has 1 aromatic heterocycles. The Hall–Kier alpha value is -1.47. The molecule has 1 atom stereocenters.